The number of nitrogen functional groups attached to an aromatic ring is 1. The van der Waals surface area contributed by atoms with Crippen LogP contribution in [0.5, 0.6) is 0 Å². The van der Waals surface area contributed by atoms with Gasteiger partial charge in [0.1, 0.15) is 10.6 Å². The Labute approximate surface area is 116 Å². The summed E-state index contributed by atoms with van der Waals surface area (Å²) in [6.07, 6.45) is 2.39. The first kappa shape index (κ1) is 12.6. The summed E-state index contributed by atoms with van der Waals surface area (Å²) in [5.41, 5.74) is 5.82. The van der Waals surface area contributed by atoms with Crippen molar-refractivity contribution >= 4 is 33.3 Å². The number of thiophene rings is 1. The number of nitrogens with zero attached hydrogens (tertiary/aromatic N) is 3. The molecule has 0 aliphatic carbocycles. The molecular formula is C13H18N4OS. The van der Waals surface area contributed by atoms with Crippen LogP contribution in [-0.2, 0) is 4.74 Å². The first-order chi connectivity index (χ1) is 9.28. The second kappa shape index (κ2) is 5.30. The van der Waals surface area contributed by atoms with Crippen LogP contribution in [0.1, 0.15) is 12.8 Å². The molecule has 1 atom stereocenters. The van der Waals surface area contributed by atoms with Gasteiger partial charge in [0.2, 0.25) is 5.95 Å². The van der Waals surface area contributed by atoms with Crippen molar-refractivity contribution in [1.82, 2.24) is 9.97 Å². The Morgan fingerprint density at radius 2 is 2.42 bits per heavy atom. The van der Waals surface area contributed by atoms with Crippen LogP contribution in [0.15, 0.2) is 11.4 Å². The molecule has 0 spiro atoms. The van der Waals surface area contributed by atoms with Crippen molar-refractivity contribution in [3.63, 3.8) is 0 Å². The van der Waals surface area contributed by atoms with E-state index in [0.29, 0.717) is 11.9 Å². The maximum atomic E-state index is 5.82. The van der Waals surface area contributed by atoms with Crippen LogP contribution in [0.25, 0.3) is 10.2 Å². The Morgan fingerprint density at radius 1 is 1.53 bits per heavy atom. The molecule has 1 unspecified atom stereocenters. The maximum Gasteiger partial charge on any atom is 0.223 e. The Morgan fingerprint density at radius 3 is 3.26 bits per heavy atom. The lowest BCUT2D eigenvalue weighted by Crippen LogP contribution is -2.37. The highest BCUT2D eigenvalue weighted by molar-refractivity contribution is 7.16. The van der Waals surface area contributed by atoms with E-state index in [9.17, 15) is 0 Å². The molecule has 5 nitrogen and oxygen atoms in total. The molecule has 0 saturated carbocycles. The number of ether oxygens (including phenoxy) is 1. The van der Waals surface area contributed by atoms with Gasteiger partial charge in [0.05, 0.1) is 12.0 Å². The minimum atomic E-state index is 0.360. The Bertz CT molecular complexity index is 569. The van der Waals surface area contributed by atoms with E-state index in [-0.39, 0.29) is 0 Å². The van der Waals surface area contributed by atoms with Gasteiger partial charge in [-0.05, 0) is 30.2 Å². The average Bonchev–Trinajstić information content (AvgIpc) is 2.86. The zero-order valence-corrected chi connectivity index (χ0v) is 11.8. The highest BCUT2D eigenvalue weighted by atomic mass is 32.1. The second-order valence-corrected chi connectivity index (χ2v) is 5.85. The van der Waals surface area contributed by atoms with Crippen LogP contribution in [0.4, 0.5) is 11.8 Å². The fourth-order valence-electron chi connectivity index (χ4n) is 2.73. The molecule has 1 fully saturated rings. The predicted molar refractivity (Wildman–Crippen MR) is 78.6 cm³/mol. The minimum absolute atomic E-state index is 0.360. The number of anilines is 2. The topological polar surface area (TPSA) is 64.3 Å². The fraction of sp³-hybridized carbons (Fsp3) is 0.538. The molecule has 1 saturated heterocycles. The summed E-state index contributed by atoms with van der Waals surface area (Å²) >= 11 is 1.61. The van der Waals surface area contributed by atoms with Crippen molar-refractivity contribution in [3.05, 3.63) is 11.4 Å². The summed E-state index contributed by atoms with van der Waals surface area (Å²) in [7, 11) is 1.76. The van der Waals surface area contributed by atoms with Crippen molar-refractivity contribution in [2.45, 2.75) is 12.8 Å². The predicted octanol–water partition coefficient (Wildman–Crippen LogP) is 2.14. The molecular weight excluding hydrogens is 260 g/mol. The summed E-state index contributed by atoms with van der Waals surface area (Å²) in [5, 5.41) is 3.15. The lowest BCUT2D eigenvalue weighted by atomic mass is 9.99. The number of rotatable bonds is 3. The summed E-state index contributed by atoms with van der Waals surface area (Å²) in [4.78, 5) is 12.0. The molecule has 6 heteroatoms. The van der Waals surface area contributed by atoms with Crippen molar-refractivity contribution in [1.29, 1.82) is 0 Å². The maximum absolute atomic E-state index is 5.82. The van der Waals surface area contributed by atoms with Gasteiger partial charge in [0.25, 0.3) is 0 Å². The highest BCUT2D eigenvalue weighted by Gasteiger charge is 2.23. The molecule has 2 aromatic heterocycles. The molecule has 3 rings (SSSR count). The Kier molecular flexibility index (Phi) is 3.52. The second-order valence-electron chi connectivity index (χ2n) is 4.95. The minimum Gasteiger partial charge on any atom is -0.384 e. The lowest BCUT2D eigenvalue weighted by Gasteiger charge is -2.33. The summed E-state index contributed by atoms with van der Waals surface area (Å²) in [6.45, 7) is 2.82. The van der Waals surface area contributed by atoms with Crippen LogP contribution in [-0.4, -0.2) is 36.8 Å². The van der Waals surface area contributed by atoms with E-state index in [1.54, 1.807) is 18.4 Å². The van der Waals surface area contributed by atoms with Crippen LogP contribution >= 0.6 is 11.3 Å². The van der Waals surface area contributed by atoms with E-state index in [0.717, 1.165) is 35.7 Å². The van der Waals surface area contributed by atoms with Crippen LogP contribution < -0.4 is 10.6 Å². The van der Waals surface area contributed by atoms with E-state index in [2.05, 4.69) is 20.9 Å². The van der Waals surface area contributed by atoms with Gasteiger partial charge in [-0.1, -0.05) is 0 Å². The van der Waals surface area contributed by atoms with E-state index in [4.69, 9.17) is 10.5 Å². The Balaban J connectivity index is 1.92. The van der Waals surface area contributed by atoms with Gasteiger partial charge in [0.15, 0.2) is 0 Å². The van der Waals surface area contributed by atoms with Gasteiger partial charge in [-0.25, -0.2) is 4.98 Å². The summed E-state index contributed by atoms with van der Waals surface area (Å²) in [5.74, 6) is 1.91. The van der Waals surface area contributed by atoms with Crippen LogP contribution in [0.3, 0.4) is 0 Å². The van der Waals surface area contributed by atoms with Crippen LogP contribution in [0, 0.1) is 5.92 Å². The van der Waals surface area contributed by atoms with E-state index in [1.807, 2.05) is 5.38 Å². The molecule has 0 bridgehead atoms. The quantitative estimate of drug-likeness (QED) is 0.932. The Hall–Kier alpha value is -1.40. The normalized spacial score (nSPS) is 20.1. The van der Waals surface area contributed by atoms with Crippen LogP contribution in [0.2, 0.25) is 0 Å². The molecule has 102 valence electrons. The molecule has 1 aliphatic rings. The standard InChI is InChI=1S/C13H18N4OS/c1-18-8-9-3-2-5-17(7-9)11-10-4-6-19-12(10)16-13(14)15-11/h4,6,9H,2-3,5,7-8H2,1H3,(H2,14,15,16). The first-order valence-electron chi connectivity index (χ1n) is 6.52. The van der Waals surface area contributed by atoms with Crippen molar-refractivity contribution in [3.8, 4) is 0 Å². The number of methoxy groups -OCH3 is 1. The fourth-order valence-corrected chi connectivity index (χ4v) is 3.49. The number of piperidine rings is 1. The van der Waals surface area contributed by atoms with Gasteiger partial charge in [-0.15, -0.1) is 11.3 Å². The first-order valence-corrected chi connectivity index (χ1v) is 7.40. The van der Waals surface area contributed by atoms with E-state index < -0.39 is 0 Å². The highest BCUT2D eigenvalue weighted by Crippen LogP contribution is 2.31. The van der Waals surface area contributed by atoms with Gasteiger partial charge in [-0.2, -0.15) is 4.98 Å². The zero-order chi connectivity index (χ0) is 13.2. The molecule has 2 N–H and O–H groups in total. The lowest BCUT2D eigenvalue weighted by molar-refractivity contribution is 0.143. The molecule has 1 aliphatic heterocycles. The molecule has 0 radical (unpaired) electrons. The third-order valence-electron chi connectivity index (χ3n) is 3.54. The molecule has 0 aromatic carbocycles. The molecule has 3 heterocycles. The molecule has 0 amide bonds. The monoisotopic (exact) mass is 278 g/mol. The van der Waals surface area contributed by atoms with Crippen molar-refractivity contribution in [2.24, 2.45) is 5.92 Å². The van der Waals surface area contributed by atoms with E-state index >= 15 is 0 Å². The average molecular weight is 278 g/mol. The third-order valence-corrected chi connectivity index (χ3v) is 4.35. The number of fused-ring (bicyclic) bond motifs is 1. The number of aromatic nitrogens is 2. The van der Waals surface area contributed by atoms with Gasteiger partial charge in [0, 0.05) is 20.2 Å². The van der Waals surface area contributed by atoms with Gasteiger partial charge in [-0.3, -0.25) is 0 Å². The largest absolute Gasteiger partial charge is 0.384 e. The van der Waals surface area contributed by atoms with Gasteiger partial charge < -0.3 is 15.4 Å². The summed E-state index contributed by atoms with van der Waals surface area (Å²) in [6, 6.07) is 2.08. The number of hydrogen-bond donors (Lipinski definition) is 1. The third kappa shape index (κ3) is 2.50. The van der Waals surface area contributed by atoms with Crippen molar-refractivity contribution < 1.29 is 4.74 Å². The van der Waals surface area contributed by atoms with Gasteiger partial charge >= 0.3 is 0 Å². The summed E-state index contributed by atoms with van der Waals surface area (Å²) < 4.78 is 5.28. The number of nitrogens with two attached hydrogens (primary N) is 1. The van der Waals surface area contributed by atoms with E-state index in [1.165, 1.54) is 12.8 Å². The SMILES string of the molecule is COCC1CCCN(c2nc(N)nc3sccc23)C1. The number of hydrogen-bond acceptors (Lipinski definition) is 6. The molecule has 2 aromatic rings. The van der Waals surface area contributed by atoms with Crippen molar-refractivity contribution in [2.75, 3.05) is 37.4 Å². The molecule has 19 heavy (non-hydrogen) atoms. The smallest absolute Gasteiger partial charge is 0.223 e. The zero-order valence-electron chi connectivity index (χ0n) is 11.0.